The van der Waals surface area contributed by atoms with Gasteiger partial charge in [0.25, 0.3) is 0 Å². The molecule has 1 heterocycles. The fourth-order valence-corrected chi connectivity index (χ4v) is 2.84. The van der Waals surface area contributed by atoms with E-state index in [0.717, 1.165) is 0 Å². The maximum Gasteiger partial charge on any atom is 0.314 e. The maximum atomic E-state index is 11.5. The van der Waals surface area contributed by atoms with Gasteiger partial charge in [-0.2, -0.15) is 0 Å². The molecule has 1 saturated carbocycles. The van der Waals surface area contributed by atoms with E-state index in [2.05, 4.69) is 4.98 Å². The third kappa shape index (κ3) is 2.17. The Balaban J connectivity index is 2.39. The summed E-state index contributed by atoms with van der Waals surface area (Å²) in [5.41, 5.74) is -0.130. The quantitative estimate of drug-likeness (QED) is 0.854. The SMILES string of the molecule is CCOc1cc(C2(C(=O)O)CC(C)C2)cc(Cl)n1. The number of ether oxygens (including phenoxy) is 1. The molecule has 5 heteroatoms. The number of carboxylic acids is 1. The molecule has 0 saturated heterocycles. The van der Waals surface area contributed by atoms with Gasteiger partial charge in [0, 0.05) is 6.07 Å². The molecule has 18 heavy (non-hydrogen) atoms. The van der Waals surface area contributed by atoms with Crippen molar-refractivity contribution in [2.45, 2.75) is 32.1 Å². The molecule has 0 bridgehead atoms. The molecular weight excluding hydrogens is 254 g/mol. The molecule has 0 amide bonds. The van der Waals surface area contributed by atoms with E-state index in [1.54, 1.807) is 12.1 Å². The monoisotopic (exact) mass is 269 g/mol. The van der Waals surface area contributed by atoms with Crippen molar-refractivity contribution < 1.29 is 14.6 Å². The van der Waals surface area contributed by atoms with Crippen molar-refractivity contribution in [3.05, 3.63) is 22.8 Å². The number of halogens is 1. The molecule has 0 spiro atoms. The lowest BCUT2D eigenvalue weighted by Gasteiger charge is -2.43. The second-order valence-corrected chi connectivity index (χ2v) is 5.24. The molecule has 4 nitrogen and oxygen atoms in total. The summed E-state index contributed by atoms with van der Waals surface area (Å²) in [4.78, 5) is 15.5. The van der Waals surface area contributed by atoms with Crippen molar-refractivity contribution in [2.24, 2.45) is 5.92 Å². The van der Waals surface area contributed by atoms with Gasteiger partial charge in [-0.15, -0.1) is 0 Å². The number of hydrogen-bond donors (Lipinski definition) is 1. The van der Waals surface area contributed by atoms with E-state index in [-0.39, 0.29) is 5.15 Å². The second kappa shape index (κ2) is 4.76. The van der Waals surface area contributed by atoms with Crippen LogP contribution in [-0.2, 0) is 10.2 Å². The minimum absolute atomic E-state index is 0.274. The Hall–Kier alpha value is -1.29. The van der Waals surface area contributed by atoms with Crippen LogP contribution in [0.2, 0.25) is 5.15 Å². The normalized spacial score (nSPS) is 26.5. The molecule has 1 aliphatic carbocycles. The van der Waals surface area contributed by atoms with Crippen LogP contribution in [-0.4, -0.2) is 22.7 Å². The maximum absolute atomic E-state index is 11.5. The highest BCUT2D eigenvalue weighted by Crippen LogP contribution is 2.48. The number of aromatic nitrogens is 1. The fourth-order valence-electron chi connectivity index (χ4n) is 2.63. The highest BCUT2D eigenvalue weighted by atomic mass is 35.5. The summed E-state index contributed by atoms with van der Waals surface area (Å²) in [6.07, 6.45) is 1.27. The van der Waals surface area contributed by atoms with Gasteiger partial charge in [0.05, 0.1) is 12.0 Å². The average Bonchev–Trinajstić information content (AvgIpc) is 2.23. The number of rotatable bonds is 4. The molecule has 1 aromatic rings. The Morgan fingerprint density at radius 1 is 1.61 bits per heavy atom. The standard InChI is InChI=1S/C13H16ClNO3/c1-3-18-11-5-9(4-10(14)15-11)13(12(16)17)6-8(2)7-13/h4-5,8H,3,6-7H2,1-2H3,(H,16,17). The zero-order valence-corrected chi connectivity index (χ0v) is 11.2. The molecule has 2 rings (SSSR count). The van der Waals surface area contributed by atoms with E-state index in [1.165, 1.54) is 0 Å². The summed E-state index contributed by atoms with van der Waals surface area (Å²) in [6.45, 7) is 4.37. The molecule has 0 unspecified atom stereocenters. The third-order valence-corrected chi connectivity index (χ3v) is 3.61. The zero-order valence-electron chi connectivity index (χ0n) is 10.4. The van der Waals surface area contributed by atoms with Crippen LogP contribution in [0.5, 0.6) is 5.88 Å². The predicted molar refractivity (Wildman–Crippen MR) is 68.1 cm³/mol. The van der Waals surface area contributed by atoms with Gasteiger partial charge in [-0.25, -0.2) is 4.98 Å². The minimum atomic E-state index is -0.822. The summed E-state index contributed by atoms with van der Waals surface area (Å²) in [6, 6.07) is 3.32. The lowest BCUT2D eigenvalue weighted by atomic mass is 9.59. The van der Waals surface area contributed by atoms with E-state index in [9.17, 15) is 9.90 Å². The Bertz CT molecular complexity index is 469. The van der Waals surface area contributed by atoms with E-state index in [0.29, 0.717) is 36.8 Å². The lowest BCUT2D eigenvalue weighted by molar-refractivity contribution is -0.149. The van der Waals surface area contributed by atoms with Gasteiger partial charge in [-0.05, 0) is 37.3 Å². The van der Waals surface area contributed by atoms with Crippen LogP contribution in [0.15, 0.2) is 12.1 Å². The second-order valence-electron chi connectivity index (χ2n) is 4.85. The molecule has 0 aliphatic heterocycles. The van der Waals surface area contributed by atoms with E-state index in [1.807, 2.05) is 13.8 Å². The topological polar surface area (TPSA) is 59.4 Å². The van der Waals surface area contributed by atoms with Crippen molar-refractivity contribution in [3.63, 3.8) is 0 Å². The van der Waals surface area contributed by atoms with E-state index in [4.69, 9.17) is 16.3 Å². The Morgan fingerprint density at radius 3 is 2.78 bits per heavy atom. The van der Waals surface area contributed by atoms with Crippen LogP contribution >= 0.6 is 11.6 Å². The largest absolute Gasteiger partial charge is 0.481 e. The number of carbonyl (C=O) groups is 1. The molecule has 0 radical (unpaired) electrons. The molecule has 1 aromatic heterocycles. The Morgan fingerprint density at radius 2 is 2.28 bits per heavy atom. The van der Waals surface area contributed by atoms with Crippen molar-refractivity contribution in [1.82, 2.24) is 4.98 Å². The molecule has 1 N–H and O–H groups in total. The van der Waals surface area contributed by atoms with Crippen LogP contribution in [0.25, 0.3) is 0 Å². The number of pyridine rings is 1. The van der Waals surface area contributed by atoms with Gasteiger partial charge in [-0.1, -0.05) is 18.5 Å². The first-order valence-electron chi connectivity index (χ1n) is 6.02. The van der Waals surface area contributed by atoms with Crippen molar-refractivity contribution in [1.29, 1.82) is 0 Å². The fraction of sp³-hybridized carbons (Fsp3) is 0.538. The van der Waals surface area contributed by atoms with E-state index >= 15 is 0 Å². The van der Waals surface area contributed by atoms with E-state index < -0.39 is 11.4 Å². The number of carboxylic acid groups (broad SMARTS) is 1. The zero-order chi connectivity index (χ0) is 13.3. The van der Waals surface area contributed by atoms with Gasteiger partial charge in [-0.3, -0.25) is 4.79 Å². The molecule has 1 aliphatic rings. The van der Waals surface area contributed by atoms with Crippen LogP contribution in [0.3, 0.4) is 0 Å². The average molecular weight is 270 g/mol. The Labute approximate surface area is 111 Å². The molecule has 98 valence electrons. The summed E-state index contributed by atoms with van der Waals surface area (Å²) in [5, 5.41) is 9.74. The molecule has 0 atom stereocenters. The highest BCUT2D eigenvalue weighted by Gasteiger charge is 2.50. The number of nitrogens with zero attached hydrogens (tertiary/aromatic N) is 1. The van der Waals surface area contributed by atoms with Crippen molar-refractivity contribution in [3.8, 4) is 5.88 Å². The number of hydrogen-bond acceptors (Lipinski definition) is 3. The lowest BCUT2D eigenvalue weighted by Crippen LogP contribution is -2.47. The summed E-state index contributed by atoms with van der Waals surface area (Å²) < 4.78 is 5.31. The minimum Gasteiger partial charge on any atom is -0.481 e. The van der Waals surface area contributed by atoms with Crippen LogP contribution in [0.1, 0.15) is 32.3 Å². The van der Waals surface area contributed by atoms with Gasteiger partial charge in [0.15, 0.2) is 0 Å². The smallest absolute Gasteiger partial charge is 0.314 e. The first-order chi connectivity index (χ1) is 8.48. The van der Waals surface area contributed by atoms with Crippen LogP contribution < -0.4 is 4.74 Å². The predicted octanol–water partition coefficient (Wildman–Crippen LogP) is 2.89. The first kappa shape index (κ1) is 13.1. The third-order valence-electron chi connectivity index (χ3n) is 3.42. The highest BCUT2D eigenvalue weighted by molar-refractivity contribution is 6.29. The van der Waals surface area contributed by atoms with Gasteiger partial charge >= 0.3 is 5.97 Å². The summed E-state index contributed by atoms with van der Waals surface area (Å²) in [7, 11) is 0. The van der Waals surface area contributed by atoms with Gasteiger partial charge < -0.3 is 9.84 Å². The van der Waals surface area contributed by atoms with Crippen LogP contribution in [0.4, 0.5) is 0 Å². The van der Waals surface area contributed by atoms with Crippen molar-refractivity contribution in [2.75, 3.05) is 6.61 Å². The molecule has 1 fully saturated rings. The molecule has 0 aromatic carbocycles. The van der Waals surface area contributed by atoms with Gasteiger partial charge in [0.1, 0.15) is 5.15 Å². The van der Waals surface area contributed by atoms with Crippen molar-refractivity contribution >= 4 is 17.6 Å². The van der Waals surface area contributed by atoms with Gasteiger partial charge in [0.2, 0.25) is 5.88 Å². The Kier molecular flexibility index (Phi) is 3.48. The molecular formula is C13H16ClNO3. The first-order valence-corrected chi connectivity index (χ1v) is 6.40. The summed E-state index contributed by atoms with van der Waals surface area (Å²) in [5.74, 6) is 0.00841. The number of aliphatic carboxylic acids is 1. The van der Waals surface area contributed by atoms with Crippen LogP contribution in [0, 0.1) is 5.92 Å². The summed E-state index contributed by atoms with van der Waals surface area (Å²) >= 11 is 5.93.